The number of nitrogens with one attached hydrogen (secondary N) is 1. The topological polar surface area (TPSA) is 64.3 Å². The summed E-state index contributed by atoms with van der Waals surface area (Å²) < 4.78 is 4.71. The van der Waals surface area contributed by atoms with Crippen LogP contribution in [0.2, 0.25) is 0 Å². The molecule has 4 heteroatoms. The van der Waals surface area contributed by atoms with Crippen LogP contribution >= 0.6 is 0 Å². The Hall–Kier alpha value is -0.770. The average molecular weight is 158 g/mol. The van der Waals surface area contributed by atoms with E-state index in [1.807, 2.05) is 0 Å². The second-order valence-corrected chi connectivity index (χ2v) is 2.83. The average Bonchev–Trinajstić information content (AvgIpc) is 2.70. The van der Waals surface area contributed by atoms with E-state index in [0.29, 0.717) is 13.2 Å². The lowest BCUT2D eigenvalue weighted by atomic mass is 10.3. The minimum absolute atomic E-state index is 0.133. The quantitative estimate of drug-likeness (QED) is 0.617. The van der Waals surface area contributed by atoms with Crippen LogP contribution in [0.1, 0.15) is 19.8 Å². The summed E-state index contributed by atoms with van der Waals surface area (Å²) >= 11 is 0. The van der Waals surface area contributed by atoms with Crippen LogP contribution in [0.25, 0.3) is 0 Å². The Morgan fingerprint density at radius 3 is 2.73 bits per heavy atom. The van der Waals surface area contributed by atoms with E-state index in [1.165, 1.54) is 0 Å². The number of carbonyl (C=O) groups is 1. The summed E-state index contributed by atoms with van der Waals surface area (Å²) in [4.78, 5) is 10.9. The van der Waals surface area contributed by atoms with E-state index in [2.05, 4.69) is 5.32 Å². The first-order chi connectivity index (χ1) is 5.22. The van der Waals surface area contributed by atoms with E-state index in [1.54, 1.807) is 6.92 Å². The van der Waals surface area contributed by atoms with Crippen LogP contribution in [0.4, 0.5) is 4.79 Å². The Morgan fingerprint density at radius 1 is 1.73 bits per heavy atom. The normalized spacial score (nSPS) is 19.1. The smallest absolute Gasteiger partial charge is 0.407 e. The van der Waals surface area contributed by atoms with Gasteiger partial charge in [0.15, 0.2) is 0 Å². The van der Waals surface area contributed by atoms with Gasteiger partial charge in [0.1, 0.15) is 0 Å². The molecule has 1 amide bonds. The summed E-state index contributed by atoms with van der Waals surface area (Å²) in [5.74, 6) is 0. The molecule has 11 heavy (non-hydrogen) atoms. The Balaban J connectivity index is 2.24. The van der Waals surface area contributed by atoms with Crippen LogP contribution in [0.3, 0.4) is 0 Å². The van der Waals surface area contributed by atoms with Gasteiger partial charge in [0.25, 0.3) is 0 Å². The number of hydrogen-bond donors (Lipinski definition) is 2. The molecule has 1 fully saturated rings. The third-order valence-electron chi connectivity index (χ3n) is 1.89. The van der Waals surface area contributed by atoms with Gasteiger partial charge in [0.2, 0.25) is 0 Å². The second-order valence-electron chi connectivity index (χ2n) is 2.83. The largest absolute Gasteiger partial charge is 0.450 e. The standard InChI is InChI=1S/C7H14N2O2/c1-2-11-6(10)9-7(5-8)3-4-7/h2-5,8H2,1H3,(H,9,10). The van der Waals surface area contributed by atoms with E-state index in [9.17, 15) is 4.79 Å². The van der Waals surface area contributed by atoms with E-state index >= 15 is 0 Å². The third kappa shape index (κ3) is 2.08. The summed E-state index contributed by atoms with van der Waals surface area (Å²) in [6, 6.07) is 0. The first kappa shape index (κ1) is 8.33. The maximum absolute atomic E-state index is 10.9. The summed E-state index contributed by atoms with van der Waals surface area (Å²) in [6.07, 6.45) is 1.60. The van der Waals surface area contributed by atoms with E-state index in [4.69, 9.17) is 10.5 Å². The summed E-state index contributed by atoms with van der Waals surface area (Å²) in [7, 11) is 0. The number of carbonyl (C=O) groups excluding carboxylic acids is 1. The SMILES string of the molecule is CCOC(=O)NC1(CN)CC1. The van der Waals surface area contributed by atoms with E-state index in [-0.39, 0.29) is 11.6 Å². The highest BCUT2D eigenvalue weighted by atomic mass is 16.5. The molecule has 1 aliphatic rings. The molecule has 1 aliphatic carbocycles. The molecule has 1 saturated carbocycles. The lowest BCUT2D eigenvalue weighted by Gasteiger charge is -2.13. The molecule has 0 atom stereocenters. The van der Waals surface area contributed by atoms with Crippen molar-refractivity contribution in [3.8, 4) is 0 Å². The van der Waals surface area contributed by atoms with Crippen molar-refractivity contribution in [2.75, 3.05) is 13.2 Å². The van der Waals surface area contributed by atoms with Crippen molar-refractivity contribution in [3.63, 3.8) is 0 Å². The summed E-state index contributed by atoms with van der Waals surface area (Å²) in [5, 5.41) is 2.73. The molecule has 0 aliphatic heterocycles. The molecule has 1 rings (SSSR count). The third-order valence-corrected chi connectivity index (χ3v) is 1.89. The van der Waals surface area contributed by atoms with Crippen LogP contribution < -0.4 is 11.1 Å². The fourth-order valence-electron chi connectivity index (χ4n) is 0.915. The van der Waals surface area contributed by atoms with Crippen LogP contribution in [-0.4, -0.2) is 24.8 Å². The first-order valence-corrected chi connectivity index (χ1v) is 3.87. The highest BCUT2D eigenvalue weighted by molar-refractivity contribution is 5.68. The Morgan fingerprint density at radius 2 is 2.36 bits per heavy atom. The summed E-state index contributed by atoms with van der Waals surface area (Å²) in [6.45, 7) is 2.69. The monoisotopic (exact) mass is 158 g/mol. The molecule has 0 aromatic carbocycles. The lowest BCUT2D eigenvalue weighted by Crippen LogP contribution is -2.42. The molecular weight excluding hydrogens is 144 g/mol. The molecule has 0 unspecified atom stereocenters. The van der Waals surface area contributed by atoms with Crippen molar-refractivity contribution in [2.45, 2.75) is 25.3 Å². The van der Waals surface area contributed by atoms with Gasteiger partial charge in [0.05, 0.1) is 12.1 Å². The molecule has 0 radical (unpaired) electrons. The molecule has 0 heterocycles. The number of nitrogens with two attached hydrogens (primary N) is 1. The fourth-order valence-corrected chi connectivity index (χ4v) is 0.915. The zero-order valence-electron chi connectivity index (χ0n) is 6.72. The second kappa shape index (κ2) is 3.09. The van der Waals surface area contributed by atoms with Gasteiger partial charge < -0.3 is 15.8 Å². The number of rotatable bonds is 3. The number of alkyl carbamates (subject to hydrolysis) is 1. The van der Waals surface area contributed by atoms with Gasteiger partial charge in [-0.05, 0) is 19.8 Å². The van der Waals surface area contributed by atoms with Crippen LogP contribution in [-0.2, 0) is 4.74 Å². The van der Waals surface area contributed by atoms with Gasteiger partial charge in [-0.25, -0.2) is 4.79 Å². The molecular formula is C7H14N2O2. The van der Waals surface area contributed by atoms with Crippen molar-refractivity contribution < 1.29 is 9.53 Å². The van der Waals surface area contributed by atoms with Crippen molar-refractivity contribution in [1.82, 2.24) is 5.32 Å². The predicted molar refractivity (Wildman–Crippen MR) is 41.2 cm³/mol. The molecule has 0 spiro atoms. The molecule has 64 valence electrons. The van der Waals surface area contributed by atoms with Gasteiger partial charge in [-0.1, -0.05) is 0 Å². The van der Waals surface area contributed by atoms with Gasteiger partial charge in [-0.15, -0.1) is 0 Å². The van der Waals surface area contributed by atoms with E-state index in [0.717, 1.165) is 12.8 Å². The molecule has 4 nitrogen and oxygen atoms in total. The van der Waals surface area contributed by atoms with Crippen molar-refractivity contribution in [2.24, 2.45) is 5.73 Å². The van der Waals surface area contributed by atoms with Crippen LogP contribution in [0.15, 0.2) is 0 Å². The maximum atomic E-state index is 10.9. The van der Waals surface area contributed by atoms with Crippen LogP contribution in [0.5, 0.6) is 0 Å². The molecule has 0 aromatic rings. The number of amides is 1. The predicted octanol–water partition coefficient (Wildman–Crippen LogP) is 0.224. The molecule has 0 aromatic heterocycles. The lowest BCUT2D eigenvalue weighted by molar-refractivity contribution is 0.147. The highest BCUT2D eigenvalue weighted by Crippen LogP contribution is 2.33. The van der Waals surface area contributed by atoms with Crippen molar-refractivity contribution >= 4 is 6.09 Å². The zero-order valence-corrected chi connectivity index (χ0v) is 6.72. The Labute approximate surface area is 66.1 Å². The van der Waals surface area contributed by atoms with Gasteiger partial charge in [-0.2, -0.15) is 0 Å². The molecule has 0 saturated heterocycles. The minimum atomic E-state index is -0.351. The minimum Gasteiger partial charge on any atom is -0.450 e. The fraction of sp³-hybridized carbons (Fsp3) is 0.857. The maximum Gasteiger partial charge on any atom is 0.407 e. The zero-order chi connectivity index (χ0) is 8.32. The highest BCUT2D eigenvalue weighted by Gasteiger charge is 2.42. The van der Waals surface area contributed by atoms with Crippen LogP contribution in [0, 0.1) is 0 Å². The van der Waals surface area contributed by atoms with E-state index < -0.39 is 0 Å². The van der Waals surface area contributed by atoms with Gasteiger partial charge in [0, 0.05) is 6.54 Å². The number of ether oxygens (including phenoxy) is 1. The Bertz CT molecular complexity index is 155. The van der Waals surface area contributed by atoms with Gasteiger partial charge >= 0.3 is 6.09 Å². The summed E-state index contributed by atoms with van der Waals surface area (Å²) in [5.41, 5.74) is 5.31. The molecule has 0 bridgehead atoms. The van der Waals surface area contributed by atoms with Gasteiger partial charge in [-0.3, -0.25) is 0 Å². The van der Waals surface area contributed by atoms with Crippen molar-refractivity contribution in [3.05, 3.63) is 0 Å². The van der Waals surface area contributed by atoms with Crippen molar-refractivity contribution in [1.29, 1.82) is 0 Å². The first-order valence-electron chi connectivity index (χ1n) is 3.87. The Kier molecular flexibility index (Phi) is 2.34. The number of hydrogen-bond acceptors (Lipinski definition) is 3. The molecule has 3 N–H and O–H groups in total.